The Morgan fingerprint density at radius 1 is 1.07 bits per heavy atom. The molecule has 0 spiro atoms. The lowest BCUT2D eigenvalue weighted by Crippen LogP contribution is -2.55. The minimum absolute atomic E-state index is 0.233. The Morgan fingerprint density at radius 3 is 2.04 bits per heavy atom. The van der Waals surface area contributed by atoms with Gasteiger partial charge in [0, 0.05) is 17.7 Å². The minimum atomic E-state index is -2.91. The third kappa shape index (κ3) is 4.64. The topological polar surface area (TPSA) is 159 Å². The van der Waals surface area contributed by atoms with Crippen LogP contribution in [0.5, 0.6) is 0 Å². The van der Waals surface area contributed by atoms with Crippen molar-refractivity contribution in [3.05, 3.63) is 39.9 Å². The molecule has 0 radical (unpaired) electrons. The molecule has 1 rings (SSSR count). The van der Waals surface area contributed by atoms with Crippen molar-refractivity contribution >= 4 is 29.4 Å². The summed E-state index contributed by atoms with van der Waals surface area (Å²) < 4.78 is 13.3. The maximum atomic E-state index is 12.8. The molecule has 0 saturated carbocycles. The lowest BCUT2D eigenvalue weighted by Gasteiger charge is -2.30. The molecule has 0 fully saturated rings. The summed E-state index contributed by atoms with van der Waals surface area (Å²) in [4.78, 5) is 58.7. The Labute approximate surface area is 153 Å². The monoisotopic (exact) mass is 383 g/mol. The molecule has 27 heavy (non-hydrogen) atoms. The van der Waals surface area contributed by atoms with Crippen LogP contribution in [0.25, 0.3) is 0 Å². The molecule has 0 aliphatic carbocycles. The van der Waals surface area contributed by atoms with E-state index in [0.717, 1.165) is 45.6 Å². The highest BCUT2D eigenvalue weighted by atomic mass is 16.6. The number of aliphatic hydroxyl groups is 1. The zero-order valence-corrected chi connectivity index (χ0v) is 14.7. The van der Waals surface area contributed by atoms with Crippen molar-refractivity contribution < 1.29 is 43.4 Å². The zero-order chi connectivity index (χ0) is 20.8. The van der Waals surface area contributed by atoms with Gasteiger partial charge >= 0.3 is 17.9 Å². The normalized spacial score (nSPS) is 13.6. The highest BCUT2D eigenvalue weighted by Gasteiger charge is 2.55. The number of nitrogens with zero attached hydrogens (tertiary/aromatic N) is 1. The van der Waals surface area contributed by atoms with E-state index in [0.29, 0.717) is 0 Å². The maximum Gasteiger partial charge on any atom is 0.339 e. The third-order valence-electron chi connectivity index (χ3n) is 3.72. The molecule has 0 aromatic heterocycles. The third-order valence-corrected chi connectivity index (χ3v) is 3.72. The highest BCUT2D eigenvalue weighted by Crippen LogP contribution is 2.29. The number of Topliss-reactive ketones (excluding diaryl/α,β-unsaturated/α-hetero) is 1. The predicted molar refractivity (Wildman–Crippen MR) is 86.5 cm³/mol. The number of non-ortho nitro benzene ring substituents is 1. The molecular weight excluding hydrogens is 366 g/mol. The summed E-state index contributed by atoms with van der Waals surface area (Å²) in [5, 5.41) is 21.4. The van der Waals surface area contributed by atoms with Crippen LogP contribution in [0.1, 0.15) is 16.8 Å². The molecular formula is C16H17NO10. The summed E-state index contributed by atoms with van der Waals surface area (Å²) >= 11 is 0. The lowest BCUT2D eigenvalue weighted by atomic mass is 9.79. The first-order valence-corrected chi connectivity index (χ1v) is 7.36. The van der Waals surface area contributed by atoms with E-state index in [1.165, 1.54) is 0 Å². The molecule has 11 nitrogen and oxygen atoms in total. The van der Waals surface area contributed by atoms with E-state index in [1.54, 1.807) is 0 Å². The number of benzene rings is 1. The summed E-state index contributed by atoms with van der Waals surface area (Å²) in [5.41, 5.74) is -3.46. The van der Waals surface area contributed by atoms with Crippen molar-refractivity contribution in [1.29, 1.82) is 0 Å². The quantitative estimate of drug-likeness (QED) is 0.162. The van der Waals surface area contributed by atoms with E-state index in [2.05, 4.69) is 14.2 Å². The van der Waals surface area contributed by atoms with Gasteiger partial charge in [-0.05, 0) is 12.1 Å². The summed E-state index contributed by atoms with van der Waals surface area (Å²) in [7, 11) is 2.77. The van der Waals surface area contributed by atoms with Gasteiger partial charge in [0.1, 0.15) is 0 Å². The van der Waals surface area contributed by atoms with Crippen LogP contribution < -0.4 is 0 Å². The van der Waals surface area contributed by atoms with Crippen molar-refractivity contribution in [3.63, 3.8) is 0 Å². The molecule has 2 atom stereocenters. The molecule has 1 aromatic carbocycles. The van der Waals surface area contributed by atoms with Crippen LogP contribution in [0.2, 0.25) is 0 Å². The number of nitro benzene ring substituents is 1. The van der Waals surface area contributed by atoms with Crippen LogP contribution in [0, 0.1) is 16.0 Å². The summed E-state index contributed by atoms with van der Waals surface area (Å²) in [5.74, 6) is -7.11. The van der Waals surface area contributed by atoms with E-state index >= 15 is 0 Å². The van der Waals surface area contributed by atoms with E-state index < -0.39 is 46.6 Å². The van der Waals surface area contributed by atoms with Crippen molar-refractivity contribution in [2.24, 2.45) is 5.92 Å². The molecule has 0 bridgehead atoms. The van der Waals surface area contributed by atoms with Gasteiger partial charge in [0.15, 0.2) is 17.3 Å². The Kier molecular flexibility index (Phi) is 7.11. The Balaban J connectivity index is 3.45. The van der Waals surface area contributed by atoms with E-state index in [1.807, 2.05) is 0 Å². The lowest BCUT2D eigenvalue weighted by molar-refractivity contribution is -0.384. The molecule has 0 saturated heterocycles. The van der Waals surface area contributed by atoms with Crippen LogP contribution >= 0.6 is 0 Å². The Morgan fingerprint density at radius 2 is 1.63 bits per heavy atom. The van der Waals surface area contributed by atoms with Crippen LogP contribution in [0.4, 0.5) is 5.69 Å². The van der Waals surface area contributed by atoms with Crippen molar-refractivity contribution in [2.75, 3.05) is 21.3 Å². The van der Waals surface area contributed by atoms with Crippen LogP contribution in [0.15, 0.2) is 24.3 Å². The molecule has 146 valence electrons. The molecule has 2 unspecified atom stereocenters. The first kappa shape index (κ1) is 21.7. The fourth-order valence-electron chi connectivity index (χ4n) is 2.31. The number of ether oxygens (including phenoxy) is 3. The molecule has 0 aliphatic heterocycles. The number of ketones is 1. The first-order chi connectivity index (χ1) is 12.6. The highest BCUT2D eigenvalue weighted by molar-refractivity contribution is 6.13. The van der Waals surface area contributed by atoms with Gasteiger partial charge in [0.05, 0.1) is 32.7 Å². The first-order valence-electron chi connectivity index (χ1n) is 7.36. The summed E-state index contributed by atoms with van der Waals surface area (Å²) in [6, 6.07) is 4.07. The molecule has 0 aliphatic rings. The van der Waals surface area contributed by atoms with Gasteiger partial charge in [-0.25, -0.2) is 4.79 Å². The number of esters is 3. The van der Waals surface area contributed by atoms with Crippen molar-refractivity contribution in [2.45, 2.75) is 12.0 Å². The van der Waals surface area contributed by atoms with Gasteiger partial charge in [0.25, 0.3) is 5.69 Å². The Bertz CT molecular complexity index is 757. The SMILES string of the molecule is COC(=O)CC(O)(C(=O)OC)C(C(=O)OC)C(=O)c1ccc([N+](=O)[O-])cc1. The van der Waals surface area contributed by atoms with E-state index in [9.17, 15) is 34.4 Å². The molecule has 0 heterocycles. The Hall–Kier alpha value is -3.34. The van der Waals surface area contributed by atoms with E-state index in [4.69, 9.17) is 0 Å². The zero-order valence-electron chi connectivity index (χ0n) is 14.7. The van der Waals surface area contributed by atoms with Crippen LogP contribution in [-0.4, -0.2) is 60.7 Å². The number of methoxy groups -OCH3 is 3. The fourth-order valence-corrected chi connectivity index (χ4v) is 2.31. The van der Waals surface area contributed by atoms with Gasteiger partial charge in [-0.1, -0.05) is 0 Å². The van der Waals surface area contributed by atoms with Gasteiger partial charge in [-0.15, -0.1) is 0 Å². The largest absolute Gasteiger partial charge is 0.469 e. The molecule has 11 heteroatoms. The second-order valence-electron chi connectivity index (χ2n) is 5.29. The summed E-state index contributed by atoms with van der Waals surface area (Å²) in [6.45, 7) is 0. The number of nitro groups is 1. The summed E-state index contributed by atoms with van der Waals surface area (Å²) in [6.07, 6.45) is -1.06. The van der Waals surface area contributed by atoms with Gasteiger partial charge < -0.3 is 19.3 Å². The predicted octanol–water partition coefficient (Wildman–Crippen LogP) is 0.0339. The minimum Gasteiger partial charge on any atom is -0.469 e. The van der Waals surface area contributed by atoms with Crippen LogP contribution in [0.3, 0.4) is 0 Å². The molecule has 0 amide bonds. The smallest absolute Gasteiger partial charge is 0.339 e. The second kappa shape index (κ2) is 8.85. The number of carbonyl (C=O) groups excluding carboxylic acids is 4. The maximum absolute atomic E-state index is 12.8. The number of rotatable bonds is 8. The fraction of sp³-hybridized carbons (Fsp3) is 0.375. The average molecular weight is 383 g/mol. The number of carbonyl (C=O) groups is 4. The number of hydrogen-bond donors (Lipinski definition) is 1. The second-order valence-corrected chi connectivity index (χ2v) is 5.29. The van der Waals surface area contributed by atoms with Crippen molar-refractivity contribution in [3.8, 4) is 0 Å². The molecule has 1 aromatic rings. The number of hydrogen-bond acceptors (Lipinski definition) is 10. The average Bonchev–Trinajstić information content (AvgIpc) is 2.66. The van der Waals surface area contributed by atoms with Gasteiger partial charge in [-0.3, -0.25) is 24.5 Å². The van der Waals surface area contributed by atoms with Crippen molar-refractivity contribution in [1.82, 2.24) is 0 Å². The van der Waals surface area contributed by atoms with Crippen LogP contribution in [-0.2, 0) is 28.6 Å². The van der Waals surface area contributed by atoms with Gasteiger partial charge in [0.2, 0.25) is 0 Å². The molecule has 1 N–H and O–H groups in total. The van der Waals surface area contributed by atoms with E-state index in [-0.39, 0.29) is 11.3 Å². The standard InChI is InChI=1S/C16H17NO10/c1-25-11(18)8-16(22,15(21)27-3)12(14(20)26-2)13(19)9-4-6-10(7-5-9)17(23)24/h4-7,12,22H,8H2,1-3H3. The van der Waals surface area contributed by atoms with Gasteiger partial charge in [-0.2, -0.15) is 0 Å².